The molecule has 0 bridgehead atoms. The monoisotopic (exact) mass is 422 g/mol. The summed E-state index contributed by atoms with van der Waals surface area (Å²) in [4.78, 5) is 15.1. The van der Waals surface area contributed by atoms with Gasteiger partial charge in [-0.3, -0.25) is 9.48 Å². The lowest BCUT2D eigenvalue weighted by Crippen LogP contribution is -2.35. The Morgan fingerprint density at radius 2 is 1.94 bits per heavy atom. The molecule has 1 N–H and O–H groups in total. The number of halogens is 1. The van der Waals surface area contributed by atoms with Crippen molar-refractivity contribution in [2.45, 2.75) is 51.1 Å². The molecule has 164 valence electrons. The van der Waals surface area contributed by atoms with Crippen LogP contribution in [0, 0.1) is 5.82 Å². The average molecular weight is 423 g/mol. The maximum atomic E-state index is 13.2. The Hall–Kier alpha value is -2.73. The highest BCUT2D eigenvalue weighted by Gasteiger charge is 2.17. The molecule has 0 saturated heterocycles. The van der Waals surface area contributed by atoms with Gasteiger partial charge in [0, 0.05) is 23.5 Å². The summed E-state index contributed by atoms with van der Waals surface area (Å²) in [5.74, 6) is -0.310. The first-order valence-corrected chi connectivity index (χ1v) is 11.3. The topological polar surface area (TPSA) is 50.2 Å². The summed E-state index contributed by atoms with van der Waals surface area (Å²) in [5, 5.41) is 8.47. The molecule has 0 aliphatic heterocycles. The van der Waals surface area contributed by atoms with Crippen molar-refractivity contribution in [1.82, 2.24) is 20.0 Å². The van der Waals surface area contributed by atoms with Gasteiger partial charge in [0.15, 0.2) is 0 Å². The molecule has 1 amide bonds. The second-order valence-corrected chi connectivity index (χ2v) is 8.58. The molecular formula is C25H31FN4O. The van der Waals surface area contributed by atoms with Crippen molar-refractivity contribution < 1.29 is 9.18 Å². The van der Waals surface area contributed by atoms with Crippen LogP contribution in [0.1, 0.15) is 54.4 Å². The second-order valence-electron chi connectivity index (χ2n) is 8.58. The first kappa shape index (κ1) is 21.5. The summed E-state index contributed by atoms with van der Waals surface area (Å²) in [6, 6.07) is 12.8. The van der Waals surface area contributed by atoms with E-state index in [4.69, 9.17) is 0 Å². The SMILES string of the molecule is CN(CCCNC(=O)c1ccc2cnn(Cc3ccc(F)cc3)c2c1)C1CCCCC1. The van der Waals surface area contributed by atoms with Crippen LogP contribution in [0.2, 0.25) is 0 Å². The highest BCUT2D eigenvalue weighted by molar-refractivity contribution is 5.97. The molecule has 0 spiro atoms. The van der Waals surface area contributed by atoms with Gasteiger partial charge in [0.05, 0.1) is 18.3 Å². The van der Waals surface area contributed by atoms with Crippen LogP contribution in [0.3, 0.4) is 0 Å². The van der Waals surface area contributed by atoms with E-state index in [0.717, 1.165) is 29.4 Å². The summed E-state index contributed by atoms with van der Waals surface area (Å²) in [6.07, 6.45) is 9.39. The Balaban J connectivity index is 1.33. The zero-order valence-electron chi connectivity index (χ0n) is 18.2. The molecule has 1 aromatic heterocycles. The van der Waals surface area contributed by atoms with Gasteiger partial charge in [0.1, 0.15) is 5.82 Å². The van der Waals surface area contributed by atoms with Crippen molar-refractivity contribution >= 4 is 16.8 Å². The number of hydrogen-bond donors (Lipinski definition) is 1. The molecule has 4 rings (SSSR count). The third-order valence-corrected chi connectivity index (χ3v) is 6.32. The van der Waals surface area contributed by atoms with Crippen LogP contribution in [0.25, 0.3) is 10.9 Å². The van der Waals surface area contributed by atoms with Gasteiger partial charge in [-0.2, -0.15) is 5.10 Å². The predicted octanol–water partition coefficient (Wildman–Crippen LogP) is 4.61. The van der Waals surface area contributed by atoms with Crippen LogP contribution in [-0.2, 0) is 6.54 Å². The van der Waals surface area contributed by atoms with Crippen molar-refractivity contribution in [3.05, 3.63) is 65.6 Å². The molecule has 6 heteroatoms. The van der Waals surface area contributed by atoms with Crippen molar-refractivity contribution in [3.8, 4) is 0 Å². The highest BCUT2D eigenvalue weighted by atomic mass is 19.1. The van der Waals surface area contributed by atoms with E-state index in [1.807, 2.05) is 22.9 Å². The Labute approximate surface area is 183 Å². The van der Waals surface area contributed by atoms with Crippen molar-refractivity contribution in [3.63, 3.8) is 0 Å². The first-order chi connectivity index (χ1) is 15.1. The number of hydrogen-bond acceptors (Lipinski definition) is 3. The van der Waals surface area contributed by atoms with Gasteiger partial charge >= 0.3 is 0 Å². The number of nitrogens with one attached hydrogen (secondary N) is 1. The number of fused-ring (bicyclic) bond motifs is 1. The van der Waals surface area contributed by atoms with Crippen LogP contribution in [0.15, 0.2) is 48.7 Å². The maximum absolute atomic E-state index is 13.2. The quantitative estimate of drug-likeness (QED) is 0.540. The molecule has 1 saturated carbocycles. The molecule has 1 aliphatic carbocycles. The minimum Gasteiger partial charge on any atom is -0.352 e. The largest absolute Gasteiger partial charge is 0.352 e. The third-order valence-electron chi connectivity index (χ3n) is 6.32. The predicted molar refractivity (Wildman–Crippen MR) is 122 cm³/mol. The summed E-state index contributed by atoms with van der Waals surface area (Å²) in [6.45, 7) is 2.21. The van der Waals surface area contributed by atoms with E-state index in [-0.39, 0.29) is 11.7 Å². The molecule has 3 aromatic rings. The van der Waals surface area contributed by atoms with Crippen LogP contribution in [0.5, 0.6) is 0 Å². The zero-order valence-corrected chi connectivity index (χ0v) is 18.2. The number of nitrogens with zero attached hydrogens (tertiary/aromatic N) is 3. The Morgan fingerprint density at radius 3 is 2.71 bits per heavy atom. The van der Waals surface area contributed by atoms with Gasteiger partial charge in [-0.05, 0) is 62.7 Å². The second kappa shape index (κ2) is 10.1. The van der Waals surface area contributed by atoms with E-state index in [9.17, 15) is 9.18 Å². The summed E-state index contributed by atoms with van der Waals surface area (Å²) < 4.78 is 15.0. The molecular weight excluding hydrogens is 391 g/mol. The van der Waals surface area contributed by atoms with E-state index in [0.29, 0.717) is 24.7 Å². The lowest BCUT2D eigenvalue weighted by atomic mass is 9.94. The van der Waals surface area contributed by atoms with E-state index in [2.05, 4.69) is 22.4 Å². The van der Waals surface area contributed by atoms with Crippen LogP contribution in [0.4, 0.5) is 4.39 Å². The van der Waals surface area contributed by atoms with Crippen molar-refractivity contribution in [1.29, 1.82) is 0 Å². The minimum absolute atomic E-state index is 0.0586. The lowest BCUT2D eigenvalue weighted by Gasteiger charge is -2.31. The summed E-state index contributed by atoms with van der Waals surface area (Å²) >= 11 is 0. The molecule has 0 radical (unpaired) electrons. The van der Waals surface area contributed by atoms with Crippen LogP contribution < -0.4 is 5.32 Å². The highest BCUT2D eigenvalue weighted by Crippen LogP contribution is 2.21. The van der Waals surface area contributed by atoms with E-state index < -0.39 is 0 Å². The molecule has 0 atom stereocenters. The summed E-state index contributed by atoms with van der Waals surface area (Å²) in [7, 11) is 2.20. The number of benzene rings is 2. The van der Waals surface area contributed by atoms with Gasteiger partial charge < -0.3 is 10.2 Å². The fourth-order valence-corrected chi connectivity index (χ4v) is 4.44. The summed E-state index contributed by atoms with van der Waals surface area (Å²) in [5.41, 5.74) is 2.49. The molecule has 2 aromatic carbocycles. The third kappa shape index (κ3) is 5.50. The molecule has 5 nitrogen and oxygen atoms in total. The van der Waals surface area contributed by atoms with Gasteiger partial charge in [-0.15, -0.1) is 0 Å². The normalized spacial score (nSPS) is 14.9. The molecule has 31 heavy (non-hydrogen) atoms. The Kier molecular flexibility index (Phi) is 6.97. The van der Waals surface area contributed by atoms with Crippen molar-refractivity contribution in [2.75, 3.05) is 20.1 Å². The van der Waals surface area contributed by atoms with Crippen LogP contribution in [-0.4, -0.2) is 46.8 Å². The van der Waals surface area contributed by atoms with Gasteiger partial charge in [0.25, 0.3) is 5.91 Å². The Morgan fingerprint density at radius 1 is 1.16 bits per heavy atom. The van der Waals surface area contributed by atoms with Crippen molar-refractivity contribution in [2.24, 2.45) is 0 Å². The molecule has 0 unspecified atom stereocenters. The van der Waals surface area contributed by atoms with E-state index in [1.165, 1.54) is 44.2 Å². The minimum atomic E-state index is -0.252. The molecule has 1 fully saturated rings. The fraction of sp³-hybridized carbons (Fsp3) is 0.440. The van der Waals surface area contributed by atoms with E-state index in [1.54, 1.807) is 18.3 Å². The van der Waals surface area contributed by atoms with Crippen LogP contribution >= 0.6 is 0 Å². The van der Waals surface area contributed by atoms with Gasteiger partial charge in [0.2, 0.25) is 0 Å². The number of rotatable bonds is 8. The van der Waals surface area contributed by atoms with Gasteiger partial charge in [-0.1, -0.05) is 37.5 Å². The lowest BCUT2D eigenvalue weighted by molar-refractivity contribution is 0.0950. The number of aromatic nitrogens is 2. The maximum Gasteiger partial charge on any atom is 0.251 e. The molecule has 1 aliphatic rings. The standard InChI is InChI=1S/C25H31FN4O/c1-29(23-6-3-2-4-7-23)15-5-14-27-25(31)20-10-11-21-17-28-30(24(21)16-20)18-19-8-12-22(26)13-9-19/h8-13,16-17,23H,2-7,14-15,18H2,1H3,(H,27,31). The molecule has 1 heterocycles. The number of carbonyl (C=O) groups is 1. The Bertz CT molecular complexity index is 1010. The average Bonchev–Trinajstić information content (AvgIpc) is 3.20. The zero-order chi connectivity index (χ0) is 21.6. The number of carbonyl (C=O) groups excluding carboxylic acids is 1. The van der Waals surface area contributed by atoms with E-state index >= 15 is 0 Å². The first-order valence-electron chi connectivity index (χ1n) is 11.3. The smallest absolute Gasteiger partial charge is 0.251 e. The fourth-order valence-electron chi connectivity index (χ4n) is 4.44. The van der Waals surface area contributed by atoms with Gasteiger partial charge in [-0.25, -0.2) is 4.39 Å². The number of amides is 1.